The van der Waals surface area contributed by atoms with E-state index in [9.17, 15) is 21.6 Å². The van der Waals surface area contributed by atoms with Gasteiger partial charge in [-0.15, -0.1) is 10.2 Å². The SMILES string of the molecule is Cc1ccn(-c2ccc(Oc3ccc(NS(=O)(=O)c4ccc(C(F)(F)F)cc4)cc3)nn2)n1. The molecule has 2 aromatic heterocycles. The predicted octanol–water partition coefficient (Wildman–Crippen LogP) is 4.58. The summed E-state index contributed by atoms with van der Waals surface area (Å²) in [4.78, 5) is -0.293. The van der Waals surface area contributed by atoms with Crippen LogP contribution in [0.25, 0.3) is 5.82 Å². The van der Waals surface area contributed by atoms with Gasteiger partial charge in [0.1, 0.15) is 5.75 Å². The summed E-state index contributed by atoms with van der Waals surface area (Å²) in [6, 6.07) is 14.3. The lowest BCUT2D eigenvalue weighted by Crippen LogP contribution is -2.13. The Balaban J connectivity index is 1.41. The van der Waals surface area contributed by atoms with E-state index in [1.165, 1.54) is 24.3 Å². The van der Waals surface area contributed by atoms with Crippen LogP contribution in [0.1, 0.15) is 11.3 Å². The average Bonchev–Trinajstić information content (AvgIpc) is 3.21. The third kappa shape index (κ3) is 5.29. The number of rotatable bonds is 6. The Morgan fingerprint density at radius 1 is 0.909 bits per heavy atom. The lowest BCUT2D eigenvalue weighted by Gasteiger charge is -2.11. The second kappa shape index (κ2) is 8.54. The van der Waals surface area contributed by atoms with Crippen molar-refractivity contribution in [2.45, 2.75) is 18.0 Å². The molecule has 0 saturated heterocycles. The number of ether oxygens (including phenoxy) is 1. The Kier molecular flexibility index (Phi) is 5.77. The number of halogens is 3. The summed E-state index contributed by atoms with van der Waals surface area (Å²) in [6.07, 6.45) is -2.79. The quantitative estimate of drug-likeness (QED) is 0.438. The number of nitrogens with zero attached hydrogens (tertiary/aromatic N) is 4. The zero-order chi connectivity index (χ0) is 23.6. The van der Waals surface area contributed by atoms with E-state index in [0.717, 1.165) is 17.8 Å². The van der Waals surface area contributed by atoms with Crippen LogP contribution in [-0.4, -0.2) is 28.4 Å². The standard InChI is InChI=1S/C21H16F3N5O3S/c1-14-12-13-29(27-14)19-10-11-20(26-25-19)32-17-6-4-16(5-7-17)28-33(30,31)18-8-2-15(3-9-18)21(22,23)24/h2-13,28H,1H3. The molecule has 0 atom stereocenters. The zero-order valence-corrected chi connectivity index (χ0v) is 17.8. The molecule has 0 aliphatic heterocycles. The van der Waals surface area contributed by atoms with E-state index < -0.39 is 21.8 Å². The highest BCUT2D eigenvalue weighted by atomic mass is 32.2. The monoisotopic (exact) mass is 475 g/mol. The predicted molar refractivity (Wildman–Crippen MR) is 113 cm³/mol. The van der Waals surface area contributed by atoms with Gasteiger partial charge in [-0.05, 0) is 67.6 Å². The van der Waals surface area contributed by atoms with Gasteiger partial charge in [0.25, 0.3) is 10.0 Å². The first-order valence-corrected chi connectivity index (χ1v) is 10.9. The van der Waals surface area contributed by atoms with Gasteiger partial charge in [0.2, 0.25) is 5.88 Å². The minimum absolute atomic E-state index is 0.206. The molecule has 170 valence electrons. The number of hydrogen-bond donors (Lipinski definition) is 1. The van der Waals surface area contributed by atoms with Crippen LogP contribution in [0.15, 0.2) is 77.8 Å². The largest absolute Gasteiger partial charge is 0.438 e. The van der Waals surface area contributed by atoms with Gasteiger partial charge in [-0.25, -0.2) is 13.1 Å². The number of hydrogen-bond acceptors (Lipinski definition) is 6. The highest BCUT2D eigenvalue weighted by Gasteiger charge is 2.30. The van der Waals surface area contributed by atoms with Crippen LogP contribution in [0.2, 0.25) is 0 Å². The third-order valence-electron chi connectivity index (χ3n) is 4.40. The van der Waals surface area contributed by atoms with E-state index >= 15 is 0 Å². The van der Waals surface area contributed by atoms with Crippen molar-refractivity contribution < 1.29 is 26.3 Å². The van der Waals surface area contributed by atoms with Crippen molar-refractivity contribution in [3.63, 3.8) is 0 Å². The number of aromatic nitrogens is 4. The molecule has 33 heavy (non-hydrogen) atoms. The van der Waals surface area contributed by atoms with E-state index in [0.29, 0.717) is 23.7 Å². The zero-order valence-electron chi connectivity index (χ0n) is 17.0. The molecular formula is C21H16F3N5O3S. The van der Waals surface area contributed by atoms with Crippen molar-refractivity contribution in [1.82, 2.24) is 20.0 Å². The van der Waals surface area contributed by atoms with Gasteiger partial charge in [-0.1, -0.05) is 0 Å². The number of sulfonamides is 1. The van der Waals surface area contributed by atoms with Gasteiger partial charge < -0.3 is 4.74 Å². The van der Waals surface area contributed by atoms with Crippen molar-refractivity contribution in [1.29, 1.82) is 0 Å². The maximum atomic E-state index is 12.7. The molecule has 0 spiro atoms. The first-order chi connectivity index (χ1) is 15.6. The molecule has 0 radical (unpaired) electrons. The minimum atomic E-state index is -4.55. The summed E-state index contributed by atoms with van der Waals surface area (Å²) in [5.41, 5.74) is 0.114. The second-order valence-electron chi connectivity index (χ2n) is 6.89. The summed E-state index contributed by atoms with van der Waals surface area (Å²) < 4.78 is 72.4. The number of nitrogens with one attached hydrogen (secondary N) is 1. The Morgan fingerprint density at radius 2 is 1.61 bits per heavy atom. The van der Waals surface area contributed by atoms with E-state index in [1.807, 2.05) is 13.0 Å². The van der Waals surface area contributed by atoms with E-state index in [4.69, 9.17) is 4.74 Å². The molecule has 0 bridgehead atoms. The highest BCUT2D eigenvalue weighted by Crippen LogP contribution is 2.30. The van der Waals surface area contributed by atoms with Crippen LogP contribution in [0.4, 0.5) is 18.9 Å². The molecular weight excluding hydrogens is 459 g/mol. The van der Waals surface area contributed by atoms with Crippen molar-refractivity contribution in [2.24, 2.45) is 0 Å². The molecule has 4 rings (SSSR count). The fraction of sp³-hybridized carbons (Fsp3) is 0.0952. The fourth-order valence-corrected chi connectivity index (χ4v) is 3.84. The lowest BCUT2D eigenvalue weighted by atomic mass is 10.2. The number of aryl methyl sites for hydroxylation is 1. The maximum absolute atomic E-state index is 12.7. The Bertz CT molecular complexity index is 1350. The second-order valence-corrected chi connectivity index (χ2v) is 8.57. The van der Waals surface area contributed by atoms with Crippen molar-refractivity contribution >= 4 is 15.7 Å². The maximum Gasteiger partial charge on any atom is 0.416 e. The summed E-state index contributed by atoms with van der Waals surface area (Å²) >= 11 is 0. The molecule has 12 heteroatoms. The Labute approximate surface area is 186 Å². The molecule has 0 fully saturated rings. The molecule has 0 aliphatic rings. The Hall–Kier alpha value is -3.93. The summed E-state index contributed by atoms with van der Waals surface area (Å²) in [5, 5.41) is 12.3. The average molecular weight is 475 g/mol. The van der Waals surface area contributed by atoms with E-state index in [-0.39, 0.29) is 16.5 Å². The van der Waals surface area contributed by atoms with Crippen LogP contribution in [0, 0.1) is 6.92 Å². The topological polar surface area (TPSA) is 99.0 Å². The molecule has 8 nitrogen and oxygen atoms in total. The van der Waals surface area contributed by atoms with Crippen LogP contribution in [-0.2, 0) is 16.2 Å². The first-order valence-electron chi connectivity index (χ1n) is 9.44. The minimum Gasteiger partial charge on any atom is -0.438 e. The van der Waals surface area contributed by atoms with Crippen molar-refractivity contribution in [3.8, 4) is 17.4 Å². The van der Waals surface area contributed by atoms with Crippen LogP contribution < -0.4 is 9.46 Å². The molecule has 0 saturated carbocycles. The normalized spacial score (nSPS) is 11.9. The molecule has 0 unspecified atom stereocenters. The van der Waals surface area contributed by atoms with E-state index in [2.05, 4.69) is 20.0 Å². The molecule has 0 amide bonds. The van der Waals surface area contributed by atoms with Gasteiger partial charge in [0, 0.05) is 18.0 Å². The number of anilines is 1. The third-order valence-corrected chi connectivity index (χ3v) is 5.80. The number of benzene rings is 2. The van der Waals surface area contributed by atoms with Crippen LogP contribution >= 0.6 is 0 Å². The molecule has 2 aromatic carbocycles. The van der Waals surface area contributed by atoms with Gasteiger partial charge in [-0.3, -0.25) is 4.72 Å². The molecule has 2 heterocycles. The molecule has 1 N–H and O–H groups in total. The van der Waals surface area contributed by atoms with Gasteiger partial charge >= 0.3 is 6.18 Å². The van der Waals surface area contributed by atoms with Crippen LogP contribution in [0.3, 0.4) is 0 Å². The van der Waals surface area contributed by atoms with Crippen molar-refractivity contribution in [3.05, 3.63) is 84.2 Å². The lowest BCUT2D eigenvalue weighted by molar-refractivity contribution is -0.137. The first kappa shape index (κ1) is 22.3. The molecule has 4 aromatic rings. The van der Waals surface area contributed by atoms with Gasteiger partial charge in [0.15, 0.2) is 5.82 Å². The summed E-state index contributed by atoms with van der Waals surface area (Å²) in [7, 11) is -4.07. The van der Waals surface area contributed by atoms with E-state index in [1.54, 1.807) is 23.0 Å². The van der Waals surface area contributed by atoms with Crippen molar-refractivity contribution in [2.75, 3.05) is 4.72 Å². The summed E-state index contributed by atoms with van der Waals surface area (Å²) in [5.74, 6) is 1.12. The number of alkyl halides is 3. The summed E-state index contributed by atoms with van der Waals surface area (Å²) in [6.45, 7) is 1.86. The van der Waals surface area contributed by atoms with Gasteiger partial charge in [-0.2, -0.15) is 18.3 Å². The van der Waals surface area contributed by atoms with Crippen LogP contribution in [0.5, 0.6) is 11.6 Å². The smallest absolute Gasteiger partial charge is 0.416 e. The fourth-order valence-electron chi connectivity index (χ4n) is 2.78. The Morgan fingerprint density at radius 3 is 2.15 bits per heavy atom. The molecule has 0 aliphatic carbocycles. The van der Waals surface area contributed by atoms with Gasteiger partial charge in [0.05, 0.1) is 16.2 Å². The highest BCUT2D eigenvalue weighted by molar-refractivity contribution is 7.92.